The van der Waals surface area contributed by atoms with E-state index in [0.717, 1.165) is 26.1 Å². The fourth-order valence-electron chi connectivity index (χ4n) is 3.08. The van der Waals surface area contributed by atoms with Crippen LogP contribution in [0.25, 0.3) is 6.08 Å². The van der Waals surface area contributed by atoms with Crippen LogP contribution in [0.1, 0.15) is 22.3 Å². The molecule has 0 bridgehead atoms. The monoisotopic (exact) mass is 336 g/mol. The first-order valence-corrected chi connectivity index (χ1v) is 8.64. The SMILES string of the molecule is Nc1cc(C(=O)NCC2CCN(CC=Cc3ccccc3)C2)ccn1. The summed E-state index contributed by atoms with van der Waals surface area (Å²) in [5.41, 5.74) is 7.40. The number of nitrogens with one attached hydrogen (secondary N) is 1. The molecule has 1 amide bonds. The Kier molecular flexibility index (Phi) is 5.80. The summed E-state index contributed by atoms with van der Waals surface area (Å²) in [6.45, 7) is 3.72. The van der Waals surface area contributed by atoms with E-state index in [-0.39, 0.29) is 5.91 Å². The highest BCUT2D eigenvalue weighted by atomic mass is 16.1. The van der Waals surface area contributed by atoms with Gasteiger partial charge in [-0.2, -0.15) is 0 Å². The zero-order valence-corrected chi connectivity index (χ0v) is 14.3. The van der Waals surface area contributed by atoms with Crippen molar-refractivity contribution in [2.45, 2.75) is 6.42 Å². The van der Waals surface area contributed by atoms with Crippen molar-refractivity contribution in [3.8, 4) is 0 Å². The maximum atomic E-state index is 12.1. The Balaban J connectivity index is 1.41. The van der Waals surface area contributed by atoms with Gasteiger partial charge in [0.25, 0.3) is 5.91 Å². The molecule has 130 valence electrons. The minimum Gasteiger partial charge on any atom is -0.384 e. The molecule has 5 heteroatoms. The van der Waals surface area contributed by atoms with E-state index in [1.54, 1.807) is 18.3 Å². The second-order valence-corrected chi connectivity index (χ2v) is 6.41. The predicted molar refractivity (Wildman–Crippen MR) is 101 cm³/mol. The topological polar surface area (TPSA) is 71.2 Å². The molecule has 0 radical (unpaired) electrons. The van der Waals surface area contributed by atoms with E-state index in [9.17, 15) is 4.79 Å². The number of carbonyl (C=O) groups excluding carboxylic acids is 1. The molecule has 1 saturated heterocycles. The van der Waals surface area contributed by atoms with Crippen LogP contribution in [0.15, 0.2) is 54.7 Å². The van der Waals surface area contributed by atoms with Crippen LogP contribution in [0, 0.1) is 5.92 Å². The largest absolute Gasteiger partial charge is 0.384 e. The molecule has 1 atom stereocenters. The van der Waals surface area contributed by atoms with Crippen LogP contribution >= 0.6 is 0 Å². The fraction of sp³-hybridized carbons (Fsp3) is 0.300. The number of amides is 1. The highest BCUT2D eigenvalue weighted by molar-refractivity contribution is 5.94. The summed E-state index contributed by atoms with van der Waals surface area (Å²) in [5, 5.41) is 3.00. The molecule has 1 aliphatic heterocycles. The summed E-state index contributed by atoms with van der Waals surface area (Å²) in [7, 11) is 0. The molecule has 5 nitrogen and oxygen atoms in total. The van der Waals surface area contributed by atoms with E-state index < -0.39 is 0 Å². The Morgan fingerprint density at radius 2 is 2.16 bits per heavy atom. The van der Waals surface area contributed by atoms with Gasteiger partial charge in [-0.05, 0) is 36.6 Å². The third-order valence-electron chi connectivity index (χ3n) is 4.44. The lowest BCUT2D eigenvalue weighted by molar-refractivity contribution is 0.0947. The quantitative estimate of drug-likeness (QED) is 0.850. The molecule has 0 spiro atoms. The molecule has 2 heterocycles. The number of nitrogens with two attached hydrogens (primary N) is 1. The first-order chi connectivity index (χ1) is 12.2. The van der Waals surface area contributed by atoms with E-state index in [4.69, 9.17) is 5.73 Å². The molecule has 1 aromatic heterocycles. The second-order valence-electron chi connectivity index (χ2n) is 6.41. The third kappa shape index (κ3) is 5.16. The fourth-order valence-corrected chi connectivity index (χ4v) is 3.08. The van der Waals surface area contributed by atoms with Crippen molar-refractivity contribution in [2.75, 3.05) is 31.9 Å². The van der Waals surface area contributed by atoms with Crippen molar-refractivity contribution < 1.29 is 4.79 Å². The third-order valence-corrected chi connectivity index (χ3v) is 4.44. The van der Waals surface area contributed by atoms with Crippen molar-refractivity contribution in [1.29, 1.82) is 0 Å². The lowest BCUT2D eigenvalue weighted by Gasteiger charge is -2.14. The van der Waals surface area contributed by atoms with Gasteiger partial charge in [-0.3, -0.25) is 9.69 Å². The number of rotatable bonds is 6. The van der Waals surface area contributed by atoms with Gasteiger partial charge in [0.2, 0.25) is 0 Å². The smallest absolute Gasteiger partial charge is 0.251 e. The molecule has 0 aliphatic carbocycles. The normalized spacial score (nSPS) is 17.8. The van der Waals surface area contributed by atoms with Gasteiger partial charge < -0.3 is 11.1 Å². The predicted octanol–water partition coefficient (Wildman–Crippen LogP) is 2.43. The van der Waals surface area contributed by atoms with Crippen LogP contribution < -0.4 is 11.1 Å². The second kappa shape index (κ2) is 8.44. The minimum absolute atomic E-state index is 0.0866. The Hall–Kier alpha value is -2.66. The van der Waals surface area contributed by atoms with E-state index in [1.165, 1.54) is 5.56 Å². The number of aromatic nitrogens is 1. The molecule has 25 heavy (non-hydrogen) atoms. The molecule has 0 saturated carbocycles. The molecule has 3 N–H and O–H groups in total. The minimum atomic E-state index is -0.0866. The van der Waals surface area contributed by atoms with Crippen molar-refractivity contribution in [2.24, 2.45) is 5.92 Å². The highest BCUT2D eigenvalue weighted by Gasteiger charge is 2.22. The maximum absolute atomic E-state index is 12.1. The summed E-state index contributed by atoms with van der Waals surface area (Å²) in [5.74, 6) is 0.773. The zero-order valence-electron chi connectivity index (χ0n) is 14.3. The van der Waals surface area contributed by atoms with Crippen molar-refractivity contribution in [1.82, 2.24) is 15.2 Å². The highest BCUT2D eigenvalue weighted by Crippen LogP contribution is 2.15. The van der Waals surface area contributed by atoms with Gasteiger partial charge in [0, 0.05) is 31.4 Å². The molecule has 1 aliphatic rings. The molecular weight excluding hydrogens is 312 g/mol. The van der Waals surface area contributed by atoms with Crippen molar-refractivity contribution in [3.05, 3.63) is 65.9 Å². The lowest BCUT2D eigenvalue weighted by atomic mass is 10.1. The van der Waals surface area contributed by atoms with E-state index >= 15 is 0 Å². The van der Waals surface area contributed by atoms with Crippen LogP contribution in [-0.2, 0) is 0 Å². The van der Waals surface area contributed by atoms with Crippen molar-refractivity contribution >= 4 is 17.8 Å². The number of anilines is 1. The summed E-state index contributed by atoms with van der Waals surface area (Å²) in [4.78, 5) is 18.5. The van der Waals surface area contributed by atoms with Crippen molar-refractivity contribution in [3.63, 3.8) is 0 Å². The first-order valence-electron chi connectivity index (χ1n) is 8.64. The van der Waals surface area contributed by atoms with Crippen LogP contribution in [0.5, 0.6) is 0 Å². The Labute approximate surface area is 148 Å². The molecule has 1 fully saturated rings. The van der Waals surface area contributed by atoms with E-state index in [1.807, 2.05) is 18.2 Å². The number of benzene rings is 1. The summed E-state index contributed by atoms with van der Waals surface area (Å²) in [6.07, 6.45) is 7.03. The van der Waals surface area contributed by atoms with Crippen LogP contribution in [0.3, 0.4) is 0 Å². The van der Waals surface area contributed by atoms with Gasteiger partial charge in [0.1, 0.15) is 5.82 Å². The number of pyridine rings is 1. The summed E-state index contributed by atoms with van der Waals surface area (Å²) in [6, 6.07) is 13.6. The van der Waals surface area contributed by atoms with Gasteiger partial charge in [-0.15, -0.1) is 0 Å². The van der Waals surface area contributed by atoms with E-state index in [2.05, 4.69) is 39.5 Å². The van der Waals surface area contributed by atoms with Crippen LogP contribution in [0.2, 0.25) is 0 Å². The standard InChI is InChI=1S/C20H24N4O/c21-19-13-18(8-10-22-19)20(25)23-14-17-9-12-24(15-17)11-4-7-16-5-2-1-3-6-16/h1-8,10,13,17H,9,11-12,14-15H2,(H2,21,22)(H,23,25). The Morgan fingerprint density at radius 3 is 2.96 bits per heavy atom. The summed E-state index contributed by atoms with van der Waals surface area (Å²) >= 11 is 0. The van der Waals surface area contributed by atoms with Crippen LogP contribution in [0.4, 0.5) is 5.82 Å². The molecular formula is C20H24N4O. The first kappa shape index (κ1) is 17.2. The van der Waals surface area contributed by atoms with E-state index in [0.29, 0.717) is 23.8 Å². The summed E-state index contributed by atoms with van der Waals surface area (Å²) < 4.78 is 0. The lowest BCUT2D eigenvalue weighted by Crippen LogP contribution is -2.31. The molecule has 3 rings (SSSR count). The number of nitrogens with zero attached hydrogens (tertiary/aromatic N) is 2. The zero-order chi connectivity index (χ0) is 17.5. The van der Waals surface area contributed by atoms with Gasteiger partial charge in [0.15, 0.2) is 0 Å². The Bertz CT molecular complexity index is 729. The number of hydrogen-bond acceptors (Lipinski definition) is 4. The van der Waals surface area contributed by atoms with Gasteiger partial charge in [-0.25, -0.2) is 4.98 Å². The number of hydrogen-bond donors (Lipinski definition) is 2. The maximum Gasteiger partial charge on any atom is 0.251 e. The van der Waals surface area contributed by atoms with Gasteiger partial charge >= 0.3 is 0 Å². The Morgan fingerprint density at radius 1 is 1.32 bits per heavy atom. The average molecular weight is 336 g/mol. The average Bonchev–Trinajstić information content (AvgIpc) is 3.08. The molecule has 1 unspecified atom stereocenters. The molecule has 2 aromatic rings. The van der Waals surface area contributed by atoms with Crippen LogP contribution in [-0.4, -0.2) is 42.0 Å². The van der Waals surface area contributed by atoms with Gasteiger partial charge in [0.05, 0.1) is 0 Å². The van der Waals surface area contributed by atoms with Gasteiger partial charge in [-0.1, -0.05) is 42.5 Å². The number of carbonyl (C=O) groups is 1. The number of likely N-dealkylation sites (tertiary alicyclic amines) is 1. The number of nitrogen functional groups attached to an aromatic ring is 1. The molecule has 1 aromatic carbocycles.